The van der Waals surface area contributed by atoms with Crippen LogP contribution < -0.4 is 10.2 Å². The lowest BCUT2D eigenvalue weighted by Crippen LogP contribution is -2.45. The van der Waals surface area contributed by atoms with Crippen molar-refractivity contribution in [1.29, 1.82) is 0 Å². The van der Waals surface area contributed by atoms with Crippen molar-refractivity contribution in [2.75, 3.05) is 11.9 Å². The van der Waals surface area contributed by atoms with Crippen LogP contribution >= 0.6 is 23.4 Å². The van der Waals surface area contributed by atoms with Gasteiger partial charge in [0, 0.05) is 28.9 Å². The van der Waals surface area contributed by atoms with Crippen molar-refractivity contribution in [2.45, 2.75) is 45.6 Å². The van der Waals surface area contributed by atoms with Crippen molar-refractivity contribution in [3.8, 4) is 0 Å². The number of carbonyl (C=O) groups is 1. The van der Waals surface area contributed by atoms with Crippen molar-refractivity contribution in [2.24, 2.45) is 4.99 Å². The molecule has 2 aromatic rings. The van der Waals surface area contributed by atoms with Gasteiger partial charge < -0.3 is 10.2 Å². The second-order valence-electron chi connectivity index (χ2n) is 8.77. The first-order chi connectivity index (χ1) is 14.6. The van der Waals surface area contributed by atoms with Crippen molar-refractivity contribution in [3.05, 3.63) is 62.8 Å². The number of aliphatic imine (C=N–C) groups is 1. The van der Waals surface area contributed by atoms with E-state index < -0.39 is 0 Å². The first-order valence-corrected chi connectivity index (χ1v) is 11.4. The van der Waals surface area contributed by atoms with Crippen LogP contribution in [0.15, 0.2) is 40.2 Å². The second kappa shape index (κ2) is 7.99. The quantitative estimate of drug-likeness (QED) is 0.530. The fourth-order valence-electron chi connectivity index (χ4n) is 4.16. The van der Waals surface area contributed by atoms with Crippen molar-refractivity contribution in [3.63, 3.8) is 0 Å². The van der Waals surface area contributed by atoms with E-state index in [1.807, 2.05) is 32.2 Å². The van der Waals surface area contributed by atoms with Gasteiger partial charge in [0.25, 0.3) is 5.91 Å². The molecule has 2 aromatic carbocycles. The van der Waals surface area contributed by atoms with Crippen LogP contribution in [0.4, 0.5) is 15.8 Å². The molecular formula is C24H25ClFN3OS. The number of fused-ring (bicyclic) bond motifs is 1. The zero-order valence-corrected chi connectivity index (χ0v) is 19.8. The number of hydrogen-bond donors (Lipinski definition) is 1. The molecule has 2 aliphatic rings. The van der Waals surface area contributed by atoms with E-state index in [4.69, 9.17) is 11.6 Å². The molecule has 1 unspecified atom stereocenters. The molecule has 7 heteroatoms. The molecule has 0 aliphatic carbocycles. The van der Waals surface area contributed by atoms with Gasteiger partial charge in [0.15, 0.2) is 5.17 Å². The van der Waals surface area contributed by atoms with Crippen LogP contribution in [0.25, 0.3) is 6.08 Å². The fraction of sp³-hybridized carbons (Fsp3) is 0.333. The largest absolute Gasteiger partial charge is 0.369 e. The number of benzene rings is 2. The van der Waals surface area contributed by atoms with E-state index in [-0.39, 0.29) is 17.3 Å². The third-order valence-corrected chi connectivity index (χ3v) is 7.47. The van der Waals surface area contributed by atoms with E-state index in [0.29, 0.717) is 32.3 Å². The van der Waals surface area contributed by atoms with E-state index >= 15 is 0 Å². The van der Waals surface area contributed by atoms with Gasteiger partial charge in [-0.1, -0.05) is 24.6 Å². The maximum absolute atomic E-state index is 15.0. The second-order valence-corrected chi connectivity index (χ2v) is 10.2. The molecule has 31 heavy (non-hydrogen) atoms. The number of thioether (sulfide) groups is 1. The monoisotopic (exact) mass is 457 g/mol. The predicted octanol–water partition coefficient (Wildman–Crippen LogP) is 6.40. The highest BCUT2D eigenvalue weighted by molar-refractivity contribution is 8.18. The summed E-state index contributed by atoms with van der Waals surface area (Å²) in [6.07, 6.45) is 2.58. The SMILES string of the molecule is Cc1c(Cl)cccc1N=C1NC(=O)/C(=C\c2cc3c(cc2F)N(C)C(C)(C)CC3C)S1. The summed E-state index contributed by atoms with van der Waals surface area (Å²) in [5.74, 6) is -0.328. The van der Waals surface area contributed by atoms with Crippen molar-refractivity contribution < 1.29 is 9.18 Å². The molecule has 4 nitrogen and oxygen atoms in total. The van der Waals surface area contributed by atoms with Crippen molar-refractivity contribution >= 4 is 51.9 Å². The summed E-state index contributed by atoms with van der Waals surface area (Å²) >= 11 is 7.36. The molecule has 1 saturated heterocycles. The number of nitrogens with one attached hydrogen (secondary N) is 1. The molecule has 1 amide bonds. The molecule has 4 rings (SSSR count). The smallest absolute Gasteiger partial charge is 0.264 e. The molecule has 162 valence electrons. The zero-order valence-electron chi connectivity index (χ0n) is 18.2. The van der Waals surface area contributed by atoms with Gasteiger partial charge in [0.1, 0.15) is 5.82 Å². The van der Waals surface area contributed by atoms with Crippen LogP contribution in [0.1, 0.15) is 49.8 Å². The third kappa shape index (κ3) is 4.11. The van der Waals surface area contributed by atoms with E-state index in [9.17, 15) is 9.18 Å². The fourth-order valence-corrected chi connectivity index (χ4v) is 5.16. The number of anilines is 1. The first-order valence-electron chi connectivity index (χ1n) is 10.2. The van der Waals surface area contributed by atoms with Crippen LogP contribution in [0, 0.1) is 12.7 Å². The first kappa shape index (κ1) is 21.9. The van der Waals surface area contributed by atoms with Crippen LogP contribution in [-0.4, -0.2) is 23.7 Å². The lowest BCUT2D eigenvalue weighted by atomic mass is 9.80. The number of hydrogen-bond acceptors (Lipinski definition) is 4. The molecule has 0 spiro atoms. The van der Waals surface area contributed by atoms with Gasteiger partial charge in [-0.3, -0.25) is 4.79 Å². The van der Waals surface area contributed by atoms with Gasteiger partial charge >= 0.3 is 0 Å². The molecule has 0 saturated carbocycles. The summed E-state index contributed by atoms with van der Waals surface area (Å²) in [7, 11) is 2.00. The number of amidine groups is 1. The minimum Gasteiger partial charge on any atom is -0.369 e. The van der Waals surface area contributed by atoms with Crippen molar-refractivity contribution in [1.82, 2.24) is 5.32 Å². The molecular weight excluding hydrogens is 433 g/mol. The highest BCUT2D eigenvalue weighted by Crippen LogP contribution is 2.43. The van der Waals surface area contributed by atoms with Gasteiger partial charge in [-0.15, -0.1) is 0 Å². The number of nitrogens with zero attached hydrogens (tertiary/aromatic N) is 2. The van der Waals surface area contributed by atoms with Gasteiger partial charge in [0.05, 0.1) is 10.6 Å². The lowest BCUT2D eigenvalue weighted by Gasteiger charge is -2.45. The van der Waals surface area contributed by atoms with Crippen LogP contribution in [-0.2, 0) is 4.79 Å². The highest BCUT2D eigenvalue weighted by atomic mass is 35.5. The Bertz CT molecular complexity index is 1140. The van der Waals surface area contributed by atoms with E-state index in [0.717, 1.165) is 23.2 Å². The number of amides is 1. The van der Waals surface area contributed by atoms with Crippen LogP contribution in [0.3, 0.4) is 0 Å². The minimum absolute atomic E-state index is 0.0378. The lowest BCUT2D eigenvalue weighted by molar-refractivity contribution is -0.115. The Morgan fingerprint density at radius 1 is 1.35 bits per heavy atom. The Morgan fingerprint density at radius 3 is 2.84 bits per heavy atom. The average molecular weight is 458 g/mol. The summed E-state index contributed by atoms with van der Waals surface area (Å²) in [6, 6.07) is 8.91. The predicted molar refractivity (Wildman–Crippen MR) is 129 cm³/mol. The van der Waals surface area contributed by atoms with Crippen LogP contribution in [0.5, 0.6) is 0 Å². The maximum Gasteiger partial charge on any atom is 0.264 e. The summed E-state index contributed by atoms with van der Waals surface area (Å²) in [6.45, 7) is 8.38. The third-order valence-electron chi connectivity index (χ3n) is 6.15. The number of halogens is 2. The number of rotatable bonds is 2. The normalized spacial score (nSPS) is 22.7. The van der Waals surface area contributed by atoms with E-state index in [2.05, 4.69) is 36.0 Å². The van der Waals surface area contributed by atoms with Gasteiger partial charge in [-0.25, -0.2) is 9.38 Å². The Balaban J connectivity index is 1.67. The molecule has 0 radical (unpaired) electrons. The zero-order chi connectivity index (χ0) is 22.5. The molecule has 1 N–H and O–H groups in total. The standard InChI is InChI=1S/C24H25ClFN3OS/c1-13-12-24(3,4)29(5)20-11-18(26)15(9-16(13)20)10-21-22(30)28-23(31-21)27-19-8-6-7-17(25)14(19)2/h6-11,13H,12H2,1-5H3,(H,27,28,30)/b21-10+. The molecule has 2 aliphatic heterocycles. The Hall–Kier alpha value is -2.31. The minimum atomic E-state index is -0.340. The molecule has 2 heterocycles. The molecule has 1 atom stereocenters. The maximum atomic E-state index is 15.0. The Morgan fingerprint density at radius 2 is 2.10 bits per heavy atom. The van der Waals surface area contributed by atoms with Gasteiger partial charge in [-0.05, 0) is 86.3 Å². The Kier molecular flexibility index (Phi) is 5.64. The number of carbonyl (C=O) groups excluding carboxylic acids is 1. The summed E-state index contributed by atoms with van der Waals surface area (Å²) in [5.41, 5.74) is 3.91. The molecule has 1 fully saturated rings. The molecule has 0 bridgehead atoms. The average Bonchev–Trinajstić information content (AvgIpc) is 3.03. The summed E-state index contributed by atoms with van der Waals surface area (Å²) in [4.78, 5) is 19.6. The Labute approximate surface area is 191 Å². The van der Waals surface area contributed by atoms with Gasteiger partial charge in [-0.2, -0.15) is 0 Å². The van der Waals surface area contributed by atoms with Crippen LogP contribution in [0.2, 0.25) is 5.02 Å². The molecule has 0 aromatic heterocycles. The van der Waals surface area contributed by atoms with E-state index in [1.165, 1.54) is 11.8 Å². The summed E-state index contributed by atoms with van der Waals surface area (Å²) in [5, 5.41) is 3.83. The highest BCUT2D eigenvalue weighted by Gasteiger charge is 2.35. The summed E-state index contributed by atoms with van der Waals surface area (Å²) < 4.78 is 15.0. The van der Waals surface area contributed by atoms with Gasteiger partial charge in [0.2, 0.25) is 0 Å². The van der Waals surface area contributed by atoms with E-state index in [1.54, 1.807) is 18.2 Å². The topological polar surface area (TPSA) is 44.7 Å².